The van der Waals surface area contributed by atoms with Crippen LogP contribution in [-0.4, -0.2) is 45.7 Å². The average Bonchev–Trinajstić information content (AvgIpc) is 3.37. The van der Waals surface area contributed by atoms with Gasteiger partial charge in [0.05, 0.1) is 27.9 Å². The van der Waals surface area contributed by atoms with Crippen molar-refractivity contribution in [3.05, 3.63) is 70.5 Å². The van der Waals surface area contributed by atoms with Crippen LogP contribution in [0.5, 0.6) is 5.75 Å². The molecule has 2 bridgehead atoms. The van der Waals surface area contributed by atoms with Gasteiger partial charge in [-0.3, -0.25) is 9.59 Å². The fraction of sp³-hybridized carbons (Fsp3) is 0.346. The van der Waals surface area contributed by atoms with E-state index < -0.39 is 17.2 Å². The molecule has 0 spiro atoms. The molecule has 1 heterocycles. The van der Waals surface area contributed by atoms with Gasteiger partial charge in [-0.25, -0.2) is 4.98 Å². The molecule has 3 saturated carbocycles. The molecule has 3 aliphatic rings. The molecule has 36 heavy (non-hydrogen) atoms. The van der Waals surface area contributed by atoms with Crippen molar-refractivity contribution in [3.8, 4) is 17.2 Å². The number of hydrogen-bond acceptors (Lipinski definition) is 6. The standard InChI is InChI=1S/C26H25Cl2N3O5/c27-18-7-6-17(12-19(18)28)35-15-22(33)30-26-10-8-25(9-11-26,13-21(26)32)31-23(34)20-14-29-24(36-20)16-4-2-1-3-5-16/h1-7,12,14,21,32H,8-11,13,15H2,(H,30,33)(H,31,34). The van der Waals surface area contributed by atoms with Gasteiger partial charge in [-0.15, -0.1) is 0 Å². The summed E-state index contributed by atoms with van der Waals surface area (Å²) >= 11 is 11.9. The average molecular weight is 530 g/mol. The van der Waals surface area contributed by atoms with Crippen molar-refractivity contribution in [2.45, 2.75) is 49.3 Å². The second kappa shape index (κ2) is 9.76. The van der Waals surface area contributed by atoms with Crippen LogP contribution in [0.15, 0.2) is 59.1 Å². The Kier molecular flexibility index (Phi) is 6.68. The Balaban J connectivity index is 1.18. The molecule has 1 aromatic heterocycles. The fourth-order valence-corrected chi connectivity index (χ4v) is 5.37. The number of aromatic nitrogens is 1. The number of carbonyl (C=O) groups is 2. The number of amides is 2. The van der Waals surface area contributed by atoms with Gasteiger partial charge >= 0.3 is 0 Å². The van der Waals surface area contributed by atoms with Gasteiger partial charge in [0, 0.05) is 17.2 Å². The fourth-order valence-electron chi connectivity index (χ4n) is 5.09. The maximum atomic E-state index is 12.9. The number of ether oxygens (including phenoxy) is 1. The summed E-state index contributed by atoms with van der Waals surface area (Å²) in [5.41, 5.74) is -0.541. The summed E-state index contributed by atoms with van der Waals surface area (Å²) < 4.78 is 11.2. The highest BCUT2D eigenvalue weighted by Crippen LogP contribution is 2.47. The van der Waals surface area contributed by atoms with Gasteiger partial charge in [-0.05, 0) is 56.4 Å². The lowest BCUT2D eigenvalue weighted by Crippen LogP contribution is -2.70. The van der Waals surface area contributed by atoms with E-state index in [1.165, 1.54) is 6.20 Å². The molecular formula is C26H25Cl2N3O5. The Hall–Kier alpha value is -3.07. The summed E-state index contributed by atoms with van der Waals surface area (Å²) in [5, 5.41) is 17.8. The first-order valence-corrected chi connectivity index (χ1v) is 12.4. The minimum absolute atomic E-state index is 0.118. The Labute approximate surface area is 217 Å². The number of nitrogens with one attached hydrogen (secondary N) is 2. The van der Waals surface area contributed by atoms with Crippen LogP contribution in [-0.2, 0) is 4.79 Å². The smallest absolute Gasteiger partial charge is 0.289 e. The lowest BCUT2D eigenvalue weighted by molar-refractivity contribution is -0.132. The molecule has 3 aliphatic carbocycles. The summed E-state index contributed by atoms with van der Waals surface area (Å²) in [6, 6.07) is 14.1. The summed E-state index contributed by atoms with van der Waals surface area (Å²) in [7, 11) is 0. The second-order valence-corrected chi connectivity index (χ2v) is 10.2. The van der Waals surface area contributed by atoms with Gasteiger partial charge in [0.1, 0.15) is 5.75 Å². The van der Waals surface area contributed by atoms with Crippen LogP contribution in [0.1, 0.15) is 42.7 Å². The summed E-state index contributed by atoms with van der Waals surface area (Å²) in [4.78, 5) is 29.8. The van der Waals surface area contributed by atoms with E-state index in [1.54, 1.807) is 18.2 Å². The van der Waals surface area contributed by atoms with E-state index in [-0.39, 0.29) is 24.2 Å². The molecular weight excluding hydrogens is 505 g/mol. The number of nitrogens with zero attached hydrogens (tertiary/aromatic N) is 1. The monoisotopic (exact) mass is 529 g/mol. The Morgan fingerprint density at radius 2 is 1.81 bits per heavy atom. The predicted octanol–water partition coefficient (Wildman–Crippen LogP) is 4.39. The van der Waals surface area contributed by atoms with Crippen molar-refractivity contribution >= 4 is 35.0 Å². The topological polar surface area (TPSA) is 114 Å². The van der Waals surface area contributed by atoms with Crippen molar-refractivity contribution in [1.29, 1.82) is 0 Å². The first-order chi connectivity index (χ1) is 17.3. The first kappa shape index (κ1) is 24.6. The van der Waals surface area contributed by atoms with Crippen LogP contribution in [0.3, 0.4) is 0 Å². The lowest BCUT2D eigenvalue weighted by atomic mass is 9.60. The molecule has 2 aromatic carbocycles. The Morgan fingerprint density at radius 1 is 1.06 bits per heavy atom. The van der Waals surface area contributed by atoms with Crippen molar-refractivity contribution in [3.63, 3.8) is 0 Å². The number of oxazole rings is 1. The van der Waals surface area contributed by atoms with E-state index in [2.05, 4.69) is 15.6 Å². The lowest BCUT2D eigenvalue weighted by Gasteiger charge is -2.56. The number of hydrogen-bond donors (Lipinski definition) is 3. The minimum atomic E-state index is -0.816. The molecule has 1 atom stereocenters. The Morgan fingerprint density at radius 3 is 2.50 bits per heavy atom. The SMILES string of the molecule is O=C(COc1ccc(Cl)c(Cl)c1)NC12CCC(NC(=O)c3cnc(-c4ccccc4)o3)(CC1)CC2O. The molecule has 0 saturated heterocycles. The van der Waals surface area contributed by atoms with E-state index in [9.17, 15) is 14.7 Å². The van der Waals surface area contributed by atoms with E-state index >= 15 is 0 Å². The molecule has 6 rings (SSSR count). The third-order valence-electron chi connectivity index (χ3n) is 7.10. The summed E-state index contributed by atoms with van der Waals surface area (Å²) in [6.45, 7) is -0.219. The summed E-state index contributed by atoms with van der Waals surface area (Å²) in [6.07, 6.45) is 3.20. The normalized spacial score (nSPS) is 24.8. The second-order valence-electron chi connectivity index (χ2n) is 9.42. The third-order valence-corrected chi connectivity index (χ3v) is 7.84. The first-order valence-electron chi connectivity index (χ1n) is 11.7. The molecule has 3 N–H and O–H groups in total. The van der Waals surface area contributed by atoms with E-state index in [0.717, 1.165) is 5.56 Å². The van der Waals surface area contributed by atoms with Gasteiger partial charge in [0.2, 0.25) is 11.7 Å². The van der Waals surface area contributed by atoms with Gasteiger partial charge in [-0.1, -0.05) is 41.4 Å². The van der Waals surface area contributed by atoms with Crippen molar-refractivity contribution in [2.24, 2.45) is 0 Å². The maximum Gasteiger partial charge on any atom is 0.289 e. The van der Waals surface area contributed by atoms with Gasteiger partial charge in [-0.2, -0.15) is 0 Å². The van der Waals surface area contributed by atoms with Gasteiger partial charge in [0.25, 0.3) is 11.8 Å². The highest BCUT2D eigenvalue weighted by atomic mass is 35.5. The minimum Gasteiger partial charge on any atom is -0.484 e. The van der Waals surface area contributed by atoms with E-state index in [4.69, 9.17) is 32.4 Å². The number of fused-ring (bicyclic) bond motifs is 3. The molecule has 3 fully saturated rings. The van der Waals surface area contributed by atoms with E-state index in [0.29, 0.717) is 53.8 Å². The third kappa shape index (κ3) is 4.93. The molecule has 10 heteroatoms. The van der Waals surface area contributed by atoms with Crippen molar-refractivity contribution < 1.29 is 23.8 Å². The zero-order chi connectivity index (χ0) is 25.3. The molecule has 3 aromatic rings. The molecule has 1 unspecified atom stereocenters. The van der Waals surface area contributed by atoms with Gasteiger partial charge in [0.15, 0.2) is 6.61 Å². The summed E-state index contributed by atoms with van der Waals surface area (Å²) in [5.74, 6) is 0.205. The van der Waals surface area contributed by atoms with Crippen LogP contribution in [0.4, 0.5) is 0 Å². The maximum absolute atomic E-state index is 12.9. The molecule has 8 nitrogen and oxygen atoms in total. The number of aliphatic hydroxyl groups excluding tert-OH is 1. The van der Waals surface area contributed by atoms with Crippen LogP contribution in [0.25, 0.3) is 11.5 Å². The van der Waals surface area contributed by atoms with Crippen molar-refractivity contribution in [2.75, 3.05) is 6.61 Å². The van der Waals surface area contributed by atoms with Crippen LogP contribution in [0, 0.1) is 0 Å². The number of carbonyl (C=O) groups excluding carboxylic acids is 2. The highest BCUT2D eigenvalue weighted by molar-refractivity contribution is 6.42. The predicted molar refractivity (Wildman–Crippen MR) is 134 cm³/mol. The quantitative estimate of drug-likeness (QED) is 0.418. The highest BCUT2D eigenvalue weighted by Gasteiger charge is 2.55. The Bertz CT molecular complexity index is 1270. The number of aliphatic hydroxyl groups is 1. The zero-order valence-corrected chi connectivity index (χ0v) is 20.8. The largest absolute Gasteiger partial charge is 0.484 e. The number of halogens is 2. The molecule has 2 amide bonds. The van der Waals surface area contributed by atoms with Crippen LogP contribution in [0.2, 0.25) is 10.0 Å². The van der Waals surface area contributed by atoms with Crippen LogP contribution >= 0.6 is 23.2 Å². The number of rotatable bonds is 7. The zero-order valence-electron chi connectivity index (χ0n) is 19.3. The molecule has 188 valence electrons. The molecule has 0 radical (unpaired) electrons. The van der Waals surface area contributed by atoms with Gasteiger partial charge < -0.3 is 24.9 Å². The molecule has 0 aliphatic heterocycles. The van der Waals surface area contributed by atoms with E-state index in [1.807, 2.05) is 30.3 Å². The van der Waals surface area contributed by atoms with Crippen LogP contribution < -0.4 is 15.4 Å². The van der Waals surface area contributed by atoms with Crippen molar-refractivity contribution in [1.82, 2.24) is 15.6 Å². The number of benzene rings is 2.